The van der Waals surface area contributed by atoms with E-state index >= 15 is 0 Å². The smallest absolute Gasteiger partial charge is 0.161 e. The normalized spacial score (nSPS) is 12.5. The second-order valence-corrected chi connectivity index (χ2v) is 3.90. The number of nitrogens with two attached hydrogens (primary N) is 1. The maximum atomic E-state index is 13.5. The molecule has 0 saturated carbocycles. The molecule has 1 atom stereocenters. The zero-order valence-electron chi connectivity index (χ0n) is 9.43. The van der Waals surface area contributed by atoms with E-state index in [1.807, 2.05) is 0 Å². The molecule has 0 amide bonds. The summed E-state index contributed by atoms with van der Waals surface area (Å²) < 4.78 is 66.3. The molecule has 2 aromatic carbocycles. The van der Waals surface area contributed by atoms with E-state index in [4.69, 9.17) is 5.73 Å². The Hall–Kier alpha value is -1.95. The molecule has 1 unspecified atom stereocenters. The zero-order chi connectivity index (χ0) is 14.2. The molecule has 0 saturated heterocycles. The van der Waals surface area contributed by atoms with Gasteiger partial charge in [0.25, 0.3) is 0 Å². The minimum absolute atomic E-state index is 0.281. The molecule has 19 heavy (non-hydrogen) atoms. The van der Waals surface area contributed by atoms with Gasteiger partial charge in [-0.25, -0.2) is 22.0 Å². The van der Waals surface area contributed by atoms with Gasteiger partial charge in [-0.2, -0.15) is 0 Å². The highest BCUT2D eigenvalue weighted by atomic mass is 19.2. The van der Waals surface area contributed by atoms with Gasteiger partial charge in [0, 0.05) is 17.2 Å². The van der Waals surface area contributed by atoms with Gasteiger partial charge in [0.05, 0.1) is 6.04 Å². The van der Waals surface area contributed by atoms with Gasteiger partial charge in [-0.1, -0.05) is 6.07 Å². The lowest BCUT2D eigenvalue weighted by Crippen LogP contribution is -2.17. The summed E-state index contributed by atoms with van der Waals surface area (Å²) in [6.07, 6.45) is 0. The van der Waals surface area contributed by atoms with Gasteiger partial charge in [-0.05, 0) is 18.2 Å². The first-order chi connectivity index (χ1) is 8.91. The van der Waals surface area contributed by atoms with Crippen LogP contribution in [0.3, 0.4) is 0 Å². The number of benzene rings is 2. The molecule has 1 nitrogen and oxygen atoms in total. The molecule has 0 aliphatic rings. The summed E-state index contributed by atoms with van der Waals surface area (Å²) in [4.78, 5) is 0. The molecular formula is C13H8F5N. The van der Waals surface area contributed by atoms with Crippen LogP contribution in [0, 0.1) is 29.1 Å². The van der Waals surface area contributed by atoms with Gasteiger partial charge < -0.3 is 5.73 Å². The van der Waals surface area contributed by atoms with Crippen molar-refractivity contribution >= 4 is 0 Å². The lowest BCUT2D eigenvalue weighted by molar-refractivity contribution is 0.483. The van der Waals surface area contributed by atoms with E-state index in [1.54, 1.807) is 0 Å². The van der Waals surface area contributed by atoms with E-state index in [0.717, 1.165) is 18.2 Å². The average molecular weight is 273 g/mol. The van der Waals surface area contributed by atoms with Crippen molar-refractivity contribution in [2.24, 2.45) is 5.73 Å². The average Bonchev–Trinajstić information content (AvgIpc) is 2.33. The van der Waals surface area contributed by atoms with E-state index in [9.17, 15) is 22.0 Å². The standard InChI is InChI=1S/C13H8F5N/c14-7-2-1-3-8(15)12(7)13(19)6-4-10(17)11(18)5-9(6)16/h1-5,13H,19H2. The van der Waals surface area contributed by atoms with Crippen molar-refractivity contribution in [3.8, 4) is 0 Å². The van der Waals surface area contributed by atoms with Gasteiger partial charge >= 0.3 is 0 Å². The third kappa shape index (κ3) is 2.44. The van der Waals surface area contributed by atoms with Crippen LogP contribution in [0.15, 0.2) is 30.3 Å². The van der Waals surface area contributed by atoms with Crippen molar-refractivity contribution in [3.05, 3.63) is 70.5 Å². The molecule has 0 aromatic heterocycles. The van der Waals surface area contributed by atoms with E-state index in [0.29, 0.717) is 6.07 Å². The Kier molecular flexibility index (Phi) is 3.53. The molecule has 0 fully saturated rings. The summed E-state index contributed by atoms with van der Waals surface area (Å²) in [6, 6.07) is 2.19. The largest absolute Gasteiger partial charge is 0.320 e. The van der Waals surface area contributed by atoms with Crippen molar-refractivity contribution in [1.82, 2.24) is 0 Å². The highest BCUT2D eigenvalue weighted by molar-refractivity contribution is 5.34. The molecule has 0 heterocycles. The summed E-state index contributed by atoms with van der Waals surface area (Å²) >= 11 is 0. The quantitative estimate of drug-likeness (QED) is 0.658. The molecule has 0 radical (unpaired) electrons. The molecule has 0 aliphatic carbocycles. The van der Waals surface area contributed by atoms with Gasteiger partial charge in [0.15, 0.2) is 11.6 Å². The first-order valence-electron chi connectivity index (χ1n) is 5.25. The number of halogens is 5. The Bertz CT molecular complexity index is 606. The van der Waals surface area contributed by atoms with Crippen LogP contribution in [0.25, 0.3) is 0 Å². The van der Waals surface area contributed by atoms with Crippen LogP contribution in [-0.4, -0.2) is 0 Å². The fourth-order valence-corrected chi connectivity index (χ4v) is 1.74. The Morgan fingerprint density at radius 2 is 1.26 bits per heavy atom. The first kappa shape index (κ1) is 13.5. The Morgan fingerprint density at radius 3 is 1.84 bits per heavy atom. The van der Waals surface area contributed by atoms with Crippen molar-refractivity contribution < 1.29 is 22.0 Å². The number of hydrogen-bond donors (Lipinski definition) is 1. The minimum atomic E-state index is -1.57. The SMILES string of the molecule is NC(c1cc(F)c(F)cc1F)c1c(F)cccc1F. The third-order valence-electron chi connectivity index (χ3n) is 2.69. The maximum Gasteiger partial charge on any atom is 0.161 e. The highest BCUT2D eigenvalue weighted by Gasteiger charge is 2.22. The van der Waals surface area contributed by atoms with Crippen molar-refractivity contribution in [2.75, 3.05) is 0 Å². The molecule has 6 heteroatoms. The van der Waals surface area contributed by atoms with Gasteiger partial charge in [0.1, 0.15) is 17.5 Å². The third-order valence-corrected chi connectivity index (χ3v) is 2.69. The van der Waals surface area contributed by atoms with Gasteiger partial charge in [-0.15, -0.1) is 0 Å². The summed E-state index contributed by atoms with van der Waals surface area (Å²) in [5, 5.41) is 0. The van der Waals surface area contributed by atoms with Crippen LogP contribution in [-0.2, 0) is 0 Å². The molecular weight excluding hydrogens is 265 g/mol. The van der Waals surface area contributed by atoms with E-state index in [-0.39, 0.29) is 6.07 Å². The highest BCUT2D eigenvalue weighted by Crippen LogP contribution is 2.27. The lowest BCUT2D eigenvalue weighted by Gasteiger charge is -2.15. The van der Waals surface area contributed by atoms with Crippen LogP contribution in [0.2, 0.25) is 0 Å². The fourth-order valence-electron chi connectivity index (χ4n) is 1.74. The summed E-state index contributed by atoms with van der Waals surface area (Å²) in [6.45, 7) is 0. The van der Waals surface area contributed by atoms with Crippen LogP contribution in [0.5, 0.6) is 0 Å². The van der Waals surface area contributed by atoms with E-state index in [2.05, 4.69) is 0 Å². The van der Waals surface area contributed by atoms with Crippen LogP contribution >= 0.6 is 0 Å². The topological polar surface area (TPSA) is 26.0 Å². The number of rotatable bonds is 2. The van der Waals surface area contributed by atoms with Gasteiger partial charge in [0.2, 0.25) is 0 Å². The van der Waals surface area contributed by atoms with Gasteiger partial charge in [-0.3, -0.25) is 0 Å². The summed E-state index contributed by atoms with van der Waals surface area (Å²) in [5.41, 5.74) is 4.40. The minimum Gasteiger partial charge on any atom is -0.320 e. The summed E-state index contributed by atoms with van der Waals surface area (Å²) in [5.74, 6) is -5.90. The van der Waals surface area contributed by atoms with Crippen molar-refractivity contribution in [1.29, 1.82) is 0 Å². The Morgan fingerprint density at radius 1 is 0.737 bits per heavy atom. The van der Waals surface area contributed by atoms with E-state index < -0.39 is 46.3 Å². The zero-order valence-corrected chi connectivity index (χ0v) is 9.43. The van der Waals surface area contributed by atoms with E-state index in [1.165, 1.54) is 0 Å². The molecule has 0 bridgehead atoms. The van der Waals surface area contributed by atoms with Crippen LogP contribution in [0.4, 0.5) is 22.0 Å². The van der Waals surface area contributed by atoms with Crippen LogP contribution in [0.1, 0.15) is 17.2 Å². The van der Waals surface area contributed by atoms with Crippen molar-refractivity contribution in [2.45, 2.75) is 6.04 Å². The molecule has 100 valence electrons. The second kappa shape index (κ2) is 4.97. The first-order valence-corrected chi connectivity index (χ1v) is 5.25. The Balaban J connectivity index is 2.56. The molecule has 0 aliphatic heterocycles. The molecule has 2 aromatic rings. The fraction of sp³-hybridized carbons (Fsp3) is 0.0769. The summed E-state index contributed by atoms with van der Waals surface area (Å²) in [7, 11) is 0. The predicted octanol–water partition coefficient (Wildman–Crippen LogP) is 3.43. The van der Waals surface area contributed by atoms with Crippen molar-refractivity contribution in [3.63, 3.8) is 0 Å². The lowest BCUT2D eigenvalue weighted by atomic mass is 9.98. The van der Waals surface area contributed by atoms with Crippen LogP contribution < -0.4 is 5.73 Å². The Labute approximate surface area is 105 Å². The molecule has 2 rings (SSSR count). The monoisotopic (exact) mass is 273 g/mol. The predicted molar refractivity (Wildman–Crippen MR) is 58.7 cm³/mol. The number of hydrogen-bond acceptors (Lipinski definition) is 1. The maximum absolute atomic E-state index is 13.5. The molecule has 2 N–H and O–H groups in total. The second-order valence-electron chi connectivity index (χ2n) is 3.90. The molecule has 0 spiro atoms.